The Balaban J connectivity index is 2.29. The van der Waals surface area contributed by atoms with Gasteiger partial charge in [-0.25, -0.2) is 9.18 Å². The van der Waals surface area contributed by atoms with E-state index in [2.05, 4.69) is 19.2 Å². The average molecular weight is 323 g/mol. The van der Waals surface area contributed by atoms with Crippen LogP contribution < -0.4 is 5.32 Å². The van der Waals surface area contributed by atoms with Gasteiger partial charge in [-0.05, 0) is 17.9 Å². The van der Waals surface area contributed by atoms with Crippen LogP contribution in [-0.4, -0.2) is 16.9 Å². The fraction of sp³-hybridized carbons (Fsp3) is 0.632. The normalized spacial score (nSPS) is 13.9. The SMILES string of the molecule is CC(C)CCCCCCCC(F)(NCc1ccccc1)C(=O)O. The second kappa shape index (κ2) is 10.4. The number of hydrogen-bond acceptors (Lipinski definition) is 2. The number of carboxylic acids is 1. The third kappa shape index (κ3) is 8.12. The molecule has 1 aromatic carbocycles. The fourth-order valence-corrected chi connectivity index (χ4v) is 2.56. The van der Waals surface area contributed by atoms with Crippen LogP contribution >= 0.6 is 0 Å². The Labute approximate surface area is 139 Å². The van der Waals surface area contributed by atoms with Crippen LogP contribution in [0.25, 0.3) is 0 Å². The van der Waals surface area contributed by atoms with Gasteiger partial charge in [0.1, 0.15) is 0 Å². The molecule has 0 fully saturated rings. The van der Waals surface area contributed by atoms with Crippen LogP contribution in [0.3, 0.4) is 0 Å². The van der Waals surface area contributed by atoms with Crippen LogP contribution in [0.2, 0.25) is 0 Å². The molecule has 0 aliphatic carbocycles. The van der Waals surface area contributed by atoms with Gasteiger partial charge < -0.3 is 5.11 Å². The number of alkyl halides is 1. The lowest BCUT2D eigenvalue weighted by atomic mass is 10.0. The molecule has 0 bridgehead atoms. The van der Waals surface area contributed by atoms with Crippen LogP contribution in [0, 0.1) is 5.92 Å². The number of nitrogens with one attached hydrogen (secondary N) is 1. The molecule has 1 rings (SSSR count). The third-order valence-electron chi connectivity index (χ3n) is 4.06. The molecule has 23 heavy (non-hydrogen) atoms. The lowest BCUT2D eigenvalue weighted by molar-refractivity contribution is -0.154. The van der Waals surface area contributed by atoms with Crippen LogP contribution in [0.5, 0.6) is 0 Å². The minimum Gasteiger partial charge on any atom is -0.478 e. The monoisotopic (exact) mass is 323 g/mol. The summed E-state index contributed by atoms with van der Waals surface area (Å²) in [4.78, 5) is 11.2. The molecule has 1 atom stereocenters. The lowest BCUT2D eigenvalue weighted by Crippen LogP contribution is -2.47. The van der Waals surface area contributed by atoms with Crippen LogP contribution in [-0.2, 0) is 11.3 Å². The summed E-state index contributed by atoms with van der Waals surface area (Å²) in [5.41, 5.74) is 0.879. The highest BCUT2D eigenvalue weighted by atomic mass is 19.1. The quantitative estimate of drug-likeness (QED) is 0.424. The third-order valence-corrected chi connectivity index (χ3v) is 4.06. The van der Waals surface area contributed by atoms with E-state index in [0.29, 0.717) is 6.42 Å². The van der Waals surface area contributed by atoms with Crippen molar-refractivity contribution in [2.45, 2.75) is 71.1 Å². The highest BCUT2D eigenvalue weighted by Crippen LogP contribution is 2.20. The topological polar surface area (TPSA) is 49.3 Å². The van der Waals surface area contributed by atoms with Gasteiger partial charge in [0.25, 0.3) is 5.79 Å². The molecule has 0 saturated heterocycles. The molecule has 0 spiro atoms. The van der Waals surface area contributed by atoms with Gasteiger partial charge in [0, 0.05) is 13.0 Å². The number of benzene rings is 1. The summed E-state index contributed by atoms with van der Waals surface area (Å²) in [5, 5.41) is 11.7. The molecule has 130 valence electrons. The van der Waals surface area contributed by atoms with E-state index >= 15 is 0 Å². The zero-order chi connectivity index (χ0) is 17.1. The Bertz CT molecular complexity index is 450. The molecule has 0 aromatic heterocycles. The summed E-state index contributed by atoms with van der Waals surface area (Å²) in [6.45, 7) is 4.64. The summed E-state index contributed by atoms with van der Waals surface area (Å²) in [6.07, 6.45) is 6.09. The van der Waals surface area contributed by atoms with Gasteiger partial charge in [0.05, 0.1) is 0 Å². The maximum atomic E-state index is 14.6. The Morgan fingerprint density at radius 3 is 2.35 bits per heavy atom. The van der Waals surface area contributed by atoms with Crippen molar-refractivity contribution in [2.24, 2.45) is 5.92 Å². The number of hydrogen-bond donors (Lipinski definition) is 2. The minimum atomic E-state index is -2.34. The molecule has 0 aliphatic rings. The maximum Gasteiger partial charge on any atom is 0.356 e. The van der Waals surface area contributed by atoms with Crippen molar-refractivity contribution in [2.75, 3.05) is 0 Å². The molecule has 4 heteroatoms. The Hall–Kier alpha value is -1.42. The predicted molar refractivity (Wildman–Crippen MR) is 91.9 cm³/mol. The molecule has 0 saturated carbocycles. The van der Waals surface area contributed by atoms with Crippen molar-refractivity contribution < 1.29 is 14.3 Å². The standard InChI is InChI=1S/C19H30FNO2/c1-16(2)11-7-4-3-5-10-14-19(20,18(22)23)21-15-17-12-8-6-9-13-17/h6,8-9,12-13,16,21H,3-5,7,10-11,14-15H2,1-2H3,(H,22,23). The number of rotatable bonds is 12. The van der Waals surface area contributed by atoms with E-state index in [4.69, 9.17) is 0 Å². The molecule has 0 aliphatic heterocycles. The fourth-order valence-electron chi connectivity index (χ4n) is 2.56. The Kier molecular flexibility index (Phi) is 8.85. The molecule has 0 radical (unpaired) electrons. The summed E-state index contributed by atoms with van der Waals surface area (Å²) in [5.74, 6) is -3.04. The van der Waals surface area contributed by atoms with Crippen molar-refractivity contribution in [3.05, 3.63) is 35.9 Å². The van der Waals surface area contributed by atoms with Crippen molar-refractivity contribution in [3.8, 4) is 0 Å². The molecule has 0 amide bonds. The number of halogens is 1. The summed E-state index contributed by atoms with van der Waals surface area (Å²) in [6, 6.07) is 9.29. The zero-order valence-corrected chi connectivity index (χ0v) is 14.4. The Morgan fingerprint density at radius 2 is 1.74 bits per heavy atom. The molecule has 3 nitrogen and oxygen atoms in total. The number of unbranched alkanes of at least 4 members (excludes halogenated alkanes) is 4. The van der Waals surface area contributed by atoms with Gasteiger partial charge in [-0.1, -0.05) is 76.3 Å². The van der Waals surface area contributed by atoms with E-state index in [1.165, 1.54) is 12.8 Å². The van der Waals surface area contributed by atoms with Gasteiger partial charge in [0.15, 0.2) is 0 Å². The minimum absolute atomic E-state index is 0.0132. The van der Waals surface area contributed by atoms with Gasteiger partial charge >= 0.3 is 5.97 Å². The smallest absolute Gasteiger partial charge is 0.356 e. The molecule has 0 heterocycles. The predicted octanol–water partition coefficient (Wildman–Crippen LogP) is 4.91. The zero-order valence-electron chi connectivity index (χ0n) is 14.4. The van der Waals surface area contributed by atoms with E-state index in [1.807, 2.05) is 30.3 Å². The van der Waals surface area contributed by atoms with Gasteiger partial charge in [0.2, 0.25) is 0 Å². The first-order valence-corrected chi connectivity index (χ1v) is 8.65. The first-order chi connectivity index (χ1) is 10.9. The van der Waals surface area contributed by atoms with Crippen LogP contribution in [0.1, 0.15) is 64.4 Å². The van der Waals surface area contributed by atoms with E-state index < -0.39 is 11.8 Å². The number of carboxylic acid groups (broad SMARTS) is 1. The van der Waals surface area contributed by atoms with Gasteiger partial charge in [-0.3, -0.25) is 5.32 Å². The summed E-state index contributed by atoms with van der Waals surface area (Å²) < 4.78 is 14.6. The van der Waals surface area contributed by atoms with Crippen molar-refractivity contribution in [1.29, 1.82) is 0 Å². The molecular weight excluding hydrogens is 293 g/mol. The van der Waals surface area contributed by atoms with Gasteiger partial charge in [-0.15, -0.1) is 0 Å². The molecule has 1 aromatic rings. The van der Waals surface area contributed by atoms with Crippen LogP contribution in [0.4, 0.5) is 4.39 Å². The van der Waals surface area contributed by atoms with Crippen molar-refractivity contribution in [3.63, 3.8) is 0 Å². The summed E-state index contributed by atoms with van der Waals surface area (Å²) >= 11 is 0. The van der Waals surface area contributed by atoms with E-state index in [-0.39, 0.29) is 13.0 Å². The van der Waals surface area contributed by atoms with E-state index in [0.717, 1.165) is 30.7 Å². The molecule has 2 N–H and O–H groups in total. The Morgan fingerprint density at radius 1 is 1.13 bits per heavy atom. The first kappa shape index (κ1) is 19.6. The average Bonchev–Trinajstić information content (AvgIpc) is 2.52. The first-order valence-electron chi connectivity index (χ1n) is 8.65. The van der Waals surface area contributed by atoms with Crippen molar-refractivity contribution >= 4 is 5.97 Å². The molecule has 1 unspecified atom stereocenters. The largest absolute Gasteiger partial charge is 0.478 e. The van der Waals surface area contributed by atoms with Crippen molar-refractivity contribution in [1.82, 2.24) is 5.32 Å². The molecular formula is C19H30FNO2. The van der Waals surface area contributed by atoms with E-state index in [1.54, 1.807) is 0 Å². The highest BCUT2D eigenvalue weighted by molar-refractivity contribution is 5.76. The maximum absolute atomic E-state index is 14.6. The number of aliphatic carboxylic acids is 1. The van der Waals surface area contributed by atoms with E-state index in [9.17, 15) is 14.3 Å². The van der Waals surface area contributed by atoms with Gasteiger partial charge in [-0.2, -0.15) is 0 Å². The second-order valence-electron chi connectivity index (χ2n) is 6.65. The number of carbonyl (C=O) groups is 1. The van der Waals surface area contributed by atoms with Crippen LogP contribution in [0.15, 0.2) is 30.3 Å². The second-order valence-corrected chi connectivity index (χ2v) is 6.65. The summed E-state index contributed by atoms with van der Waals surface area (Å²) in [7, 11) is 0. The highest BCUT2D eigenvalue weighted by Gasteiger charge is 2.37. The lowest BCUT2D eigenvalue weighted by Gasteiger charge is -2.22.